The van der Waals surface area contributed by atoms with E-state index in [-0.39, 0.29) is 5.91 Å². The molecule has 0 radical (unpaired) electrons. The number of hydrogen-bond donors (Lipinski definition) is 1. The Morgan fingerprint density at radius 2 is 1.75 bits per heavy atom. The maximum absolute atomic E-state index is 11.9. The summed E-state index contributed by atoms with van der Waals surface area (Å²) in [6.45, 7) is 3.66. The maximum atomic E-state index is 11.9. The Balaban J connectivity index is 2.65. The molecule has 1 amide bonds. The first kappa shape index (κ1) is 16.2. The molecule has 4 nitrogen and oxygen atoms in total. The lowest BCUT2D eigenvalue weighted by atomic mass is 10.1. The van der Waals surface area contributed by atoms with Gasteiger partial charge in [-0.25, -0.2) is 0 Å². The third-order valence-electron chi connectivity index (χ3n) is 2.83. The summed E-state index contributed by atoms with van der Waals surface area (Å²) in [6, 6.07) is 7.94. The van der Waals surface area contributed by atoms with Crippen molar-refractivity contribution in [2.45, 2.75) is 19.4 Å². The van der Waals surface area contributed by atoms with Crippen LogP contribution in [0.5, 0.6) is 0 Å². The SMILES string of the molecule is CN(CC(C)(C)O)C(=O)C=Cc1ccc(N(C)C)cc1. The van der Waals surface area contributed by atoms with Crippen molar-refractivity contribution in [1.29, 1.82) is 0 Å². The Bertz CT molecular complexity index is 470. The number of carbonyl (C=O) groups is 1. The van der Waals surface area contributed by atoms with E-state index < -0.39 is 5.60 Å². The fourth-order valence-corrected chi connectivity index (χ4v) is 1.84. The van der Waals surface area contributed by atoms with E-state index in [0.29, 0.717) is 6.54 Å². The first-order valence-electron chi connectivity index (χ1n) is 6.62. The molecule has 0 saturated heterocycles. The van der Waals surface area contributed by atoms with Gasteiger partial charge in [0, 0.05) is 39.5 Å². The lowest BCUT2D eigenvalue weighted by Crippen LogP contribution is -2.38. The zero-order valence-corrected chi connectivity index (χ0v) is 12.9. The third kappa shape index (κ3) is 5.45. The number of aliphatic hydroxyl groups is 1. The van der Waals surface area contributed by atoms with Crippen molar-refractivity contribution in [3.05, 3.63) is 35.9 Å². The van der Waals surface area contributed by atoms with Gasteiger partial charge < -0.3 is 14.9 Å². The number of benzene rings is 1. The summed E-state index contributed by atoms with van der Waals surface area (Å²) in [4.78, 5) is 15.4. The molecule has 0 spiro atoms. The van der Waals surface area contributed by atoms with Crippen LogP contribution in [0.15, 0.2) is 30.3 Å². The highest BCUT2D eigenvalue weighted by atomic mass is 16.3. The summed E-state index contributed by atoms with van der Waals surface area (Å²) < 4.78 is 0. The van der Waals surface area contributed by atoms with Gasteiger partial charge in [0.15, 0.2) is 0 Å². The quantitative estimate of drug-likeness (QED) is 0.837. The van der Waals surface area contributed by atoms with Crippen molar-refractivity contribution >= 4 is 17.7 Å². The highest BCUT2D eigenvalue weighted by molar-refractivity contribution is 5.91. The largest absolute Gasteiger partial charge is 0.389 e. The van der Waals surface area contributed by atoms with Crippen LogP contribution in [0.25, 0.3) is 6.08 Å². The normalized spacial score (nSPS) is 11.7. The molecule has 20 heavy (non-hydrogen) atoms. The minimum Gasteiger partial charge on any atom is -0.389 e. The minimum absolute atomic E-state index is 0.121. The average Bonchev–Trinajstić information content (AvgIpc) is 2.34. The summed E-state index contributed by atoms with van der Waals surface area (Å²) in [7, 11) is 5.65. The van der Waals surface area contributed by atoms with Crippen LogP contribution >= 0.6 is 0 Å². The van der Waals surface area contributed by atoms with E-state index in [1.807, 2.05) is 43.3 Å². The zero-order valence-electron chi connectivity index (χ0n) is 12.9. The standard InChI is InChI=1S/C16H24N2O2/c1-16(2,20)12-18(5)15(19)11-8-13-6-9-14(10-7-13)17(3)4/h6-11,20H,12H2,1-5H3. The highest BCUT2D eigenvalue weighted by Gasteiger charge is 2.17. The Hall–Kier alpha value is -1.81. The molecule has 4 heteroatoms. The smallest absolute Gasteiger partial charge is 0.246 e. The monoisotopic (exact) mass is 276 g/mol. The number of carbonyl (C=O) groups excluding carboxylic acids is 1. The third-order valence-corrected chi connectivity index (χ3v) is 2.83. The van der Waals surface area contributed by atoms with Gasteiger partial charge in [-0.05, 0) is 37.6 Å². The maximum Gasteiger partial charge on any atom is 0.246 e. The van der Waals surface area contributed by atoms with Crippen molar-refractivity contribution < 1.29 is 9.90 Å². The summed E-state index contributed by atoms with van der Waals surface area (Å²) >= 11 is 0. The van der Waals surface area contributed by atoms with E-state index in [9.17, 15) is 9.90 Å². The fraction of sp³-hybridized carbons (Fsp3) is 0.438. The Morgan fingerprint density at radius 3 is 2.20 bits per heavy atom. The van der Waals surface area contributed by atoms with Gasteiger partial charge in [-0.3, -0.25) is 4.79 Å². The number of rotatable bonds is 5. The average molecular weight is 276 g/mol. The predicted molar refractivity (Wildman–Crippen MR) is 83.7 cm³/mol. The second kappa shape index (κ2) is 6.57. The van der Waals surface area contributed by atoms with Crippen LogP contribution in [0.1, 0.15) is 19.4 Å². The van der Waals surface area contributed by atoms with Crippen molar-refractivity contribution in [3.63, 3.8) is 0 Å². The van der Waals surface area contributed by atoms with Crippen LogP contribution in [0.4, 0.5) is 5.69 Å². The zero-order chi connectivity index (χ0) is 15.3. The number of nitrogens with zero attached hydrogens (tertiary/aromatic N) is 2. The molecule has 0 atom stereocenters. The van der Waals surface area contributed by atoms with Gasteiger partial charge >= 0.3 is 0 Å². The molecule has 0 bridgehead atoms. The molecule has 1 N–H and O–H groups in total. The van der Waals surface area contributed by atoms with Gasteiger partial charge in [0.2, 0.25) is 5.91 Å². The molecule has 0 aromatic heterocycles. The second-order valence-electron chi connectivity index (χ2n) is 5.83. The Kier molecular flexibility index (Phi) is 5.34. The number of likely N-dealkylation sites (N-methyl/N-ethyl adjacent to an activating group) is 1. The molecular weight excluding hydrogens is 252 g/mol. The van der Waals surface area contributed by atoms with Crippen LogP contribution in [-0.4, -0.2) is 49.2 Å². The molecule has 0 aliphatic rings. The van der Waals surface area contributed by atoms with Gasteiger partial charge in [0.05, 0.1) is 5.60 Å². The van der Waals surface area contributed by atoms with Crippen molar-refractivity contribution in [1.82, 2.24) is 4.90 Å². The van der Waals surface area contributed by atoms with Crippen LogP contribution in [-0.2, 0) is 4.79 Å². The second-order valence-corrected chi connectivity index (χ2v) is 5.83. The van der Waals surface area contributed by atoms with Gasteiger partial charge in [-0.1, -0.05) is 12.1 Å². The molecule has 0 unspecified atom stereocenters. The molecule has 0 saturated carbocycles. The molecular formula is C16H24N2O2. The van der Waals surface area contributed by atoms with Crippen LogP contribution in [0.2, 0.25) is 0 Å². The first-order chi connectivity index (χ1) is 9.19. The topological polar surface area (TPSA) is 43.8 Å². The summed E-state index contributed by atoms with van der Waals surface area (Å²) in [5, 5.41) is 9.68. The molecule has 0 aliphatic carbocycles. The molecule has 110 valence electrons. The fourth-order valence-electron chi connectivity index (χ4n) is 1.84. The first-order valence-corrected chi connectivity index (χ1v) is 6.62. The Morgan fingerprint density at radius 1 is 1.20 bits per heavy atom. The van der Waals surface area contributed by atoms with Crippen LogP contribution in [0.3, 0.4) is 0 Å². The lowest BCUT2D eigenvalue weighted by molar-refractivity contribution is -0.127. The summed E-state index contributed by atoms with van der Waals surface area (Å²) in [5.41, 5.74) is 1.21. The van der Waals surface area contributed by atoms with E-state index in [1.165, 1.54) is 11.0 Å². The minimum atomic E-state index is -0.883. The van der Waals surface area contributed by atoms with Crippen molar-refractivity contribution in [2.75, 3.05) is 32.6 Å². The lowest BCUT2D eigenvalue weighted by Gasteiger charge is -2.24. The van der Waals surface area contributed by atoms with Gasteiger partial charge in [-0.15, -0.1) is 0 Å². The molecule has 1 aromatic carbocycles. The van der Waals surface area contributed by atoms with Crippen molar-refractivity contribution in [3.8, 4) is 0 Å². The molecule has 1 aromatic rings. The van der Waals surface area contributed by atoms with E-state index in [0.717, 1.165) is 11.3 Å². The highest BCUT2D eigenvalue weighted by Crippen LogP contribution is 2.13. The molecule has 0 aliphatic heterocycles. The van der Waals surface area contributed by atoms with Gasteiger partial charge in [0.25, 0.3) is 0 Å². The van der Waals surface area contributed by atoms with E-state index in [4.69, 9.17) is 0 Å². The van der Waals surface area contributed by atoms with Gasteiger partial charge in [0.1, 0.15) is 0 Å². The molecule has 0 fully saturated rings. The summed E-state index contributed by atoms with van der Waals surface area (Å²) in [5.74, 6) is -0.121. The molecule has 0 heterocycles. The van der Waals surface area contributed by atoms with Crippen LogP contribution < -0.4 is 4.90 Å². The summed E-state index contributed by atoms with van der Waals surface area (Å²) in [6.07, 6.45) is 3.30. The number of amides is 1. The van der Waals surface area contributed by atoms with Crippen LogP contribution in [0, 0.1) is 0 Å². The Labute approximate surface area is 121 Å². The number of anilines is 1. The van der Waals surface area contributed by atoms with Crippen molar-refractivity contribution in [2.24, 2.45) is 0 Å². The molecule has 1 rings (SSSR count). The van der Waals surface area contributed by atoms with E-state index in [2.05, 4.69) is 0 Å². The predicted octanol–water partition coefficient (Wildman–Crippen LogP) is 2.00. The number of hydrogen-bond acceptors (Lipinski definition) is 3. The van der Waals surface area contributed by atoms with E-state index in [1.54, 1.807) is 27.0 Å². The van der Waals surface area contributed by atoms with Gasteiger partial charge in [-0.2, -0.15) is 0 Å². The van der Waals surface area contributed by atoms with E-state index >= 15 is 0 Å².